The zero-order chi connectivity index (χ0) is 15.9. The Balaban J connectivity index is 1.81. The van der Waals surface area contributed by atoms with Crippen molar-refractivity contribution in [1.29, 1.82) is 0 Å². The summed E-state index contributed by atoms with van der Waals surface area (Å²) in [6.07, 6.45) is 2.94. The summed E-state index contributed by atoms with van der Waals surface area (Å²) < 4.78 is 10.7. The van der Waals surface area contributed by atoms with Crippen molar-refractivity contribution in [3.05, 3.63) is 36.4 Å². The molecule has 1 aromatic rings. The number of carbonyl (C=O) groups excluding carboxylic acids is 1. The van der Waals surface area contributed by atoms with Crippen LogP contribution in [0.3, 0.4) is 0 Å². The van der Waals surface area contributed by atoms with Crippen molar-refractivity contribution in [3.8, 4) is 5.75 Å². The number of carboxylic acids is 1. The quantitative estimate of drug-likeness (QED) is 0.827. The van der Waals surface area contributed by atoms with Gasteiger partial charge in [0.2, 0.25) is 5.91 Å². The van der Waals surface area contributed by atoms with Crippen LogP contribution in [0.5, 0.6) is 5.75 Å². The lowest BCUT2D eigenvalue weighted by molar-refractivity contribution is -0.146. The molecular formula is C16H17NO5. The van der Waals surface area contributed by atoms with Gasteiger partial charge in [0.15, 0.2) is 0 Å². The number of amides is 1. The molecule has 4 atom stereocenters. The smallest absolute Gasteiger partial charge is 0.310 e. The van der Waals surface area contributed by atoms with Crippen LogP contribution in [0.1, 0.15) is 6.92 Å². The Hall–Kier alpha value is -2.34. The van der Waals surface area contributed by atoms with E-state index in [1.165, 1.54) is 0 Å². The van der Waals surface area contributed by atoms with Gasteiger partial charge in [-0.15, -0.1) is 0 Å². The third kappa shape index (κ3) is 2.25. The summed E-state index contributed by atoms with van der Waals surface area (Å²) in [7, 11) is 1.56. The Kier molecular flexibility index (Phi) is 3.41. The number of carboxylic acid groups (broad SMARTS) is 1. The first-order chi connectivity index (χ1) is 10.4. The van der Waals surface area contributed by atoms with Gasteiger partial charge >= 0.3 is 5.97 Å². The lowest BCUT2D eigenvalue weighted by atomic mass is 9.75. The van der Waals surface area contributed by atoms with Gasteiger partial charge in [0.1, 0.15) is 11.7 Å². The van der Waals surface area contributed by atoms with Crippen LogP contribution in [0.4, 0.5) is 5.69 Å². The minimum absolute atomic E-state index is 0.355. The van der Waals surface area contributed by atoms with E-state index in [0.29, 0.717) is 11.4 Å². The number of carbonyl (C=O) groups is 2. The Labute approximate surface area is 127 Å². The molecule has 116 valence electrons. The normalized spacial score (nSPS) is 32.0. The molecule has 6 heteroatoms. The van der Waals surface area contributed by atoms with Crippen molar-refractivity contribution in [3.63, 3.8) is 0 Å². The highest BCUT2D eigenvalue weighted by molar-refractivity contribution is 5.97. The molecule has 1 amide bonds. The molecule has 0 aliphatic carbocycles. The van der Waals surface area contributed by atoms with Gasteiger partial charge in [-0.3, -0.25) is 9.59 Å². The second kappa shape index (κ2) is 5.14. The van der Waals surface area contributed by atoms with Crippen molar-refractivity contribution in [1.82, 2.24) is 0 Å². The third-order valence-corrected chi connectivity index (χ3v) is 4.26. The lowest BCUT2D eigenvalue weighted by Gasteiger charge is -2.27. The average molecular weight is 303 g/mol. The van der Waals surface area contributed by atoms with Crippen LogP contribution < -0.4 is 10.1 Å². The first-order valence-electron chi connectivity index (χ1n) is 6.99. The van der Waals surface area contributed by atoms with Gasteiger partial charge < -0.3 is 19.9 Å². The van der Waals surface area contributed by atoms with E-state index in [-0.39, 0.29) is 5.91 Å². The number of methoxy groups -OCH3 is 1. The first kappa shape index (κ1) is 14.6. The van der Waals surface area contributed by atoms with E-state index in [1.807, 2.05) is 0 Å². The van der Waals surface area contributed by atoms with Crippen molar-refractivity contribution in [2.75, 3.05) is 12.4 Å². The van der Waals surface area contributed by atoms with Crippen molar-refractivity contribution in [2.24, 2.45) is 11.8 Å². The molecule has 3 rings (SSSR count). The van der Waals surface area contributed by atoms with Crippen LogP contribution in [0.2, 0.25) is 0 Å². The van der Waals surface area contributed by atoms with E-state index in [9.17, 15) is 14.7 Å². The molecule has 2 aliphatic rings. The highest BCUT2D eigenvalue weighted by Gasteiger charge is 2.59. The Morgan fingerprint density at radius 1 is 1.32 bits per heavy atom. The standard InChI is InChI=1S/C16H17NO5/c1-16-8-7-11(22-16)12(15(19)20)13(16)14(18)17-9-3-5-10(21-2)6-4-9/h3-8,11-13H,1-2H3,(H,17,18)(H,19,20)/t11-,12+,13-,16-/m1/s1. The second-order valence-electron chi connectivity index (χ2n) is 5.68. The maximum Gasteiger partial charge on any atom is 0.310 e. The first-order valence-corrected chi connectivity index (χ1v) is 6.99. The van der Waals surface area contributed by atoms with Gasteiger partial charge in [-0.25, -0.2) is 0 Å². The maximum atomic E-state index is 12.6. The van der Waals surface area contributed by atoms with Crippen molar-refractivity contribution >= 4 is 17.6 Å². The molecule has 0 unspecified atom stereocenters. The van der Waals surface area contributed by atoms with Crippen LogP contribution >= 0.6 is 0 Å². The topological polar surface area (TPSA) is 84.9 Å². The van der Waals surface area contributed by atoms with Gasteiger partial charge in [0, 0.05) is 5.69 Å². The largest absolute Gasteiger partial charge is 0.497 e. The number of benzene rings is 1. The van der Waals surface area contributed by atoms with Crippen molar-refractivity contribution in [2.45, 2.75) is 18.6 Å². The fourth-order valence-corrected chi connectivity index (χ4v) is 3.17. The van der Waals surface area contributed by atoms with Crippen molar-refractivity contribution < 1.29 is 24.2 Å². The molecule has 0 saturated carbocycles. The minimum atomic E-state index is -1.02. The summed E-state index contributed by atoms with van der Waals surface area (Å²) in [5, 5.41) is 12.2. The average Bonchev–Trinajstić information content (AvgIpc) is 3.01. The van der Waals surface area contributed by atoms with Crippen LogP contribution in [-0.2, 0) is 14.3 Å². The molecule has 2 N–H and O–H groups in total. The number of fused-ring (bicyclic) bond motifs is 2. The molecule has 1 aromatic carbocycles. The molecule has 2 heterocycles. The summed E-state index contributed by atoms with van der Waals surface area (Å²) in [5.41, 5.74) is -0.283. The molecule has 0 radical (unpaired) electrons. The van der Waals surface area contributed by atoms with E-state index in [0.717, 1.165) is 0 Å². The van der Waals surface area contributed by atoms with Gasteiger partial charge in [-0.05, 0) is 31.2 Å². The monoisotopic (exact) mass is 303 g/mol. The zero-order valence-corrected chi connectivity index (χ0v) is 12.3. The highest BCUT2D eigenvalue weighted by atomic mass is 16.5. The van der Waals surface area contributed by atoms with Gasteiger partial charge in [-0.2, -0.15) is 0 Å². The van der Waals surface area contributed by atoms with Crippen LogP contribution in [-0.4, -0.2) is 35.8 Å². The Bertz CT molecular complexity index is 638. The fraction of sp³-hybridized carbons (Fsp3) is 0.375. The number of rotatable bonds is 4. The van der Waals surface area contributed by atoms with E-state index in [1.54, 1.807) is 50.5 Å². The summed E-state index contributed by atoms with van der Waals surface area (Å²) in [6.45, 7) is 1.74. The number of hydrogen-bond donors (Lipinski definition) is 2. The molecule has 2 bridgehead atoms. The van der Waals surface area contributed by atoms with Gasteiger partial charge in [0.25, 0.3) is 0 Å². The summed E-state index contributed by atoms with van der Waals surface area (Å²) in [6, 6.07) is 6.86. The molecule has 2 aliphatic heterocycles. The van der Waals surface area contributed by atoms with Crippen LogP contribution in [0, 0.1) is 11.8 Å². The van der Waals surface area contributed by atoms with Crippen LogP contribution in [0.25, 0.3) is 0 Å². The third-order valence-electron chi connectivity index (χ3n) is 4.26. The van der Waals surface area contributed by atoms with E-state index < -0.39 is 29.5 Å². The number of ether oxygens (including phenoxy) is 2. The summed E-state index contributed by atoms with van der Waals surface area (Å²) in [5.74, 6) is -2.32. The number of anilines is 1. The molecule has 1 saturated heterocycles. The number of aliphatic carboxylic acids is 1. The Morgan fingerprint density at radius 2 is 2.00 bits per heavy atom. The minimum Gasteiger partial charge on any atom is -0.497 e. The lowest BCUT2D eigenvalue weighted by Crippen LogP contribution is -2.44. The molecule has 0 spiro atoms. The SMILES string of the molecule is COc1ccc(NC(=O)[C@H]2[C@@H](C(=O)O)[C@H]3C=C[C@@]2(C)O3)cc1. The van der Waals surface area contributed by atoms with Gasteiger partial charge in [0.05, 0.1) is 24.7 Å². The zero-order valence-electron chi connectivity index (χ0n) is 12.3. The summed E-state index contributed by atoms with van der Waals surface area (Å²) >= 11 is 0. The van der Waals surface area contributed by atoms with E-state index in [2.05, 4.69) is 5.32 Å². The number of nitrogens with one attached hydrogen (secondary N) is 1. The maximum absolute atomic E-state index is 12.6. The molecule has 6 nitrogen and oxygen atoms in total. The second-order valence-corrected chi connectivity index (χ2v) is 5.68. The molecule has 22 heavy (non-hydrogen) atoms. The molecule has 1 fully saturated rings. The number of hydrogen-bond acceptors (Lipinski definition) is 4. The molecular weight excluding hydrogens is 286 g/mol. The summed E-state index contributed by atoms with van der Waals surface area (Å²) in [4.78, 5) is 24.0. The van der Waals surface area contributed by atoms with E-state index >= 15 is 0 Å². The van der Waals surface area contributed by atoms with Crippen LogP contribution in [0.15, 0.2) is 36.4 Å². The molecule has 0 aromatic heterocycles. The highest BCUT2D eigenvalue weighted by Crippen LogP contribution is 2.47. The Morgan fingerprint density at radius 3 is 2.59 bits per heavy atom. The van der Waals surface area contributed by atoms with Gasteiger partial charge in [-0.1, -0.05) is 12.2 Å². The predicted octanol–water partition coefficient (Wildman–Crippen LogP) is 1.68. The van der Waals surface area contributed by atoms with E-state index in [4.69, 9.17) is 9.47 Å². The fourth-order valence-electron chi connectivity index (χ4n) is 3.17. The predicted molar refractivity (Wildman–Crippen MR) is 78.7 cm³/mol.